The van der Waals surface area contributed by atoms with E-state index in [1.54, 1.807) is 0 Å². The van der Waals surface area contributed by atoms with Gasteiger partial charge in [-0.1, -0.05) is 47.6 Å². The summed E-state index contributed by atoms with van der Waals surface area (Å²) in [7, 11) is -1.88. The first kappa shape index (κ1) is 21.1. The van der Waals surface area contributed by atoms with Gasteiger partial charge in [-0.2, -0.15) is 0 Å². The van der Waals surface area contributed by atoms with Crippen LogP contribution in [0.25, 0.3) is 0 Å². The molecule has 0 aromatic heterocycles. The summed E-state index contributed by atoms with van der Waals surface area (Å²) in [5.41, 5.74) is 3.02. The van der Waals surface area contributed by atoms with Crippen molar-refractivity contribution < 1.29 is 4.43 Å². The Balaban J connectivity index is 5.59. The topological polar surface area (TPSA) is 9.23 Å². The minimum Gasteiger partial charge on any atom is -0.543 e. The molecule has 0 heterocycles. The van der Waals surface area contributed by atoms with Crippen LogP contribution in [-0.4, -0.2) is 8.32 Å². The maximum absolute atomic E-state index is 6.84. The molecule has 0 spiro atoms. The molecule has 22 heavy (non-hydrogen) atoms. The predicted molar refractivity (Wildman–Crippen MR) is 102 cm³/mol. The summed E-state index contributed by atoms with van der Waals surface area (Å²) in [5, 5.41) is 0. The Morgan fingerprint density at radius 1 is 1.05 bits per heavy atom. The predicted octanol–water partition coefficient (Wildman–Crippen LogP) is 6.83. The number of rotatable bonds is 8. The van der Waals surface area contributed by atoms with Crippen molar-refractivity contribution >= 4 is 8.32 Å². The summed E-state index contributed by atoms with van der Waals surface area (Å²) in [4.78, 5) is 0. The minimum atomic E-state index is -1.88. The highest BCUT2D eigenvalue weighted by atomic mass is 28.4. The third kappa shape index (κ3) is 5.36. The maximum atomic E-state index is 6.84. The second-order valence-corrected chi connectivity index (χ2v) is 12.3. The monoisotopic (exact) mass is 320 g/mol. The Labute approximate surface area is 140 Å². The first-order valence-corrected chi connectivity index (χ1v) is 10.8. The molecule has 0 atom stereocenters. The third-order valence-electron chi connectivity index (χ3n) is 4.59. The van der Waals surface area contributed by atoms with Crippen LogP contribution in [0.4, 0.5) is 0 Å². The van der Waals surface area contributed by atoms with Gasteiger partial charge in [0.05, 0.1) is 0 Å². The van der Waals surface area contributed by atoms with Crippen molar-refractivity contribution in [2.45, 2.75) is 91.8 Å². The van der Waals surface area contributed by atoms with E-state index in [0.29, 0.717) is 16.6 Å². The molecule has 1 nitrogen and oxygen atoms in total. The van der Waals surface area contributed by atoms with Crippen LogP contribution in [0, 0.1) is 11.8 Å². The number of unbranched alkanes of at least 4 members (excludes halogenated alkanes) is 1. The Kier molecular flexibility index (Phi) is 9.52. The Bertz CT molecular complexity index is 422. The summed E-state index contributed by atoms with van der Waals surface area (Å²) < 4.78 is 6.84. The highest BCUT2D eigenvalue weighted by Crippen LogP contribution is 2.44. The fourth-order valence-electron chi connectivity index (χ4n) is 3.37. The van der Waals surface area contributed by atoms with Crippen LogP contribution in [-0.2, 0) is 4.43 Å². The molecule has 0 saturated carbocycles. The van der Waals surface area contributed by atoms with E-state index in [9.17, 15) is 0 Å². The Morgan fingerprint density at radius 2 is 1.55 bits per heavy atom. The summed E-state index contributed by atoms with van der Waals surface area (Å²) in [6, 6.07) is 0. The first-order chi connectivity index (χ1) is 10.2. The molecule has 0 amide bonds. The van der Waals surface area contributed by atoms with Crippen LogP contribution in [0.2, 0.25) is 16.6 Å². The van der Waals surface area contributed by atoms with Gasteiger partial charge in [0.2, 0.25) is 0 Å². The van der Waals surface area contributed by atoms with Crippen LogP contribution < -0.4 is 0 Å². The van der Waals surface area contributed by atoms with Crippen molar-refractivity contribution in [2.24, 2.45) is 0 Å². The zero-order valence-electron chi connectivity index (χ0n) is 16.2. The smallest absolute Gasteiger partial charge is 0.258 e. The molecule has 0 radical (unpaired) electrons. The first-order valence-electron chi connectivity index (χ1n) is 8.65. The molecule has 0 rings (SSSR count). The second-order valence-electron chi connectivity index (χ2n) is 6.93. The normalized spacial score (nSPS) is 13.6. The van der Waals surface area contributed by atoms with Crippen LogP contribution >= 0.6 is 0 Å². The highest BCUT2D eigenvalue weighted by Gasteiger charge is 2.47. The van der Waals surface area contributed by atoms with Gasteiger partial charge in [0.1, 0.15) is 5.76 Å². The minimum absolute atomic E-state index is 0.594. The molecule has 0 N–H and O–H groups in total. The van der Waals surface area contributed by atoms with Crippen molar-refractivity contribution in [3.8, 4) is 11.8 Å². The van der Waals surface area contributed by atoms with E-state index in [2.05, 4.69) is 79.4 Å². The van der Waals surface area contributed by atoms with Gasteiger partial charge in [0.15, 0.2) is 0 Å². The van der Waals surface area contributed by atoms with Gasteiger partial charge < -0.3 is 4.43 Å². The van der Waals surface area contributed by atoms with E-state index in [1.165, 1.54) is 5.57 Å². The lowest BCUT2D eigenvalue weighted by molar-refractivity contribution is 0.378. The summed E-state index contributed by atoms with van der Waals surface area (Å²) >= 11 is 0. The number of allylic oxidation sites excluding steroid dienone is 3. The van der Waals surface area contributed by atoms with Gasteiger partial charge in [-0.05, 0) is 55.5 Å². The molecular formula is C20H36OSi. The molecule has 126 valence electrons. The fourth-order valence-corrected chi connectivity index (χ4v) is 8.70. The summed E-state index contributed by atoms with van der Waals surface area (Å²) in [6.45, 7) is 20.1. The lowest BCUT2D eigenvalue weighted by Crippen LogP contribution is -2.47. The molecule has 0 fully saturated rings. The van der Waals surface area contributed by atoms with E-state index in [-0.39, 0.29) is 0 Å². The lowest BCUT2D eigenvalue weighted by atomic mass is 10.2. The van der Waals surface area contributed by atoms with Gasteiger partial charge >= 0.3 is 0 Å². The molecule has 0 aliphatic carbocycles. The van der Waals surface area contributed by atoms with E-state index in [1.807, 2.05) is 6.92 Å². The molecule has 0 aromatic rings. The van der Waals surface area contributed by atoms with Gasteiger partial charge in [0.25, 0.3) is 8.32 Å². The van der Waals surface area contributed by atoms with Gasteiger partial charge in [-0.3, -0.25) is 0 Å². The molecule has 0 unspecified atom stereocenters. The van der Waals surface area contributed by atoms with Gasteiger partial charge in [0, 0.05) is 6.42 Å². The highest BCUT2D eigenvalue weighted by molar-refractivity contribution is 6.77. The Morgan fingerprint density at radius 3 is 1.91 bits per heavy atom. The Hall–Kier alpha value is -0.943. The fraction of sp³-hybridized carbons (Fsp3) is 0.700. The SMILES string of the molecule is CC#CCC/C=C(O[Si](C(C)C)(C(C)C)C(C)C)/C(C)=C/C. The number of hydrogen-bond donors (Lipinski definition) is 0. The lowest BCUT2D eigenvalue weighted by Gasteiger charge is -2.43. The largest absolute Gasteiger partial charge is 0.543 e. The molecule has 0 aromatic carbocycles. The third-order valence-corrected chi connectivity index (χ3v) is 10.6. The van der Waals surface area contributed by atoms with Crippen LogP contribution in [0.15, 0.2) is 23.5 Å². The zero-order chi connectivity index (χ0) is 17.3. The van der Waals surface area contributed by atoms with Gasteiger partial charge in [-0.25, -0.2) is 0 Å². The molecular weight excluding hydrogens is 284 g/mol. The van der Waals surface area contributed by atoms with Crippen molar-refractivity contribution in [1.82, 2.24) is 0 Å². The van der Waals surface area contributed by atoms with Crippen molar-refractivity contribution in [1.29, 1.82) is 0 Å². The average molecular weight is 321 g/mol. The van der Waals surface area contributed by atoms with E-state index >= 15 is 0 Å². The van der Waals surface area contributed by atoms with Crippen molar-refractivity contribution in [3.63, 3.8) is 0 Å². The van der Waals surface area contributed by atoms with E-state index in [4.69, 9.17) is 4.43 Å². The van der Waals surface area contributed by atoms with Crippen molar-refractivity contribution in [3.05, 3.63) is 23.5 Å². The second kappa shape index (κ2) is 9.95. The molecule has 2 heteroatoms. The molecule has 0 saturated heterocycles. The van der Waals surface area contributed by atoms with Crippen LogP contribution in [0.5, 0.6) is 0 Å². The van der Waals surface area contributed by atoms with Gasteiger partial charge in [-0.15, -0.1) is 11.8 Å². The van der Waals surface area contributed by atoms with E-state index in [0.717, 1.165) is 18.6 Å². The zero-order valence-corrected chi connectivity index (χ0v) is 17.2. The van der Waals surface area contributed by atoms with E-state index < -0.39 is 8.32 Å². The maximum Gasteiger partial charge on any atom is 0.258 e. The average Bonchev–Trinajstić information content (AvgIpc) is 2.44. The molecule has 0 bridgehead atoms. The quantitative estimate of drug-likeness (QED) is 0.156. The van der Waals surface area contributed by atoms with Crippen LogP contribution in [0.3, 0.4) is 0 Å². The summed E-state index contributed by atoms with van der Waals surface area (Å²) in [5.74, 6) is 7.18. The molecule has 0 aliphatic heterocycles. The van der Waals surface area contributed by atoms with Crippen molar-refractivity contribution in [2.75, 3.05) is 0 Å². The standard InChI is InChI=1S/C20H36OSi/c1-10-12-13-14-15-20(19(9)11-2)21-22(16(3)4,17(5)6)18(7)8/h11,15-18H,13-14H2,1-9H3/b19-11+,20-15-. The molecule has 0 aliphatic rings. The summed E-state index contributed by atoms with van der Waals surface area (Å²) in [6.07, 6.45) is 6.26. The number of hydrogen-bond acceptors (Lipinski definition) is 1. The van der Waals surface area contributed by atoms with Crippen LogP contribution in [0.1, 0.15) is 75.2 Å².